The summed E-state index contributed by atoms with van der Waals surface area (Å²) < 4.78 is 54.5. The molecule has 0 N–H and O–H groups in total. The average Bonchev–Trinajstić information content (AvgIpc) is 3.01. The fourth-order valence-electron chi connectivity index (χ4n) is 3.15. The second-order valence-electron chi connectivity index (χ2n) is 6.68. The number of aromatic nitrogens is 2. The first kappa shape index (κ1) is 18.2. The van der Waals surface area contributed by atoms with Crippen LogP contribution in [0.25, 0.3) is 10.9 Å². The van der Waals surface area contributed by atoms with E-state index in [0.717, 1.165) is 9.65 Å². The highest BCUT2D eigenvalue weighted by molar-refractivity contribution is 7.90. The zero-order valence-electron chi connectivity index (χ0n) is 14.5. The fraction of sp³-hybridized carbons (Fsp3) is 0.278. The van der Waals surface area contributed by atoms with E-state index in [9.17, 15) is 17.2 Å². The minimum absolute atomic E-state index is 0.0611. The number of benzene rings is 2. The molecule has 27 heavy (non-hydrogen) atoms. The van der Waals surface area contributed by atoms with Crippen LogP contribution in [0.15, 0.2) is 47.4 Å². The summed E-state index contributed by atoms with van der Waals surface area (Å²) in [6.07, 6.45) is 0. The van der Waals surface area contributed by atoms with Gasteiger partial charge in [0.1, 0.15) is 0 Å². The molecule has 1 aromatic heterocycles. The Morgan fingerprint density at radius 1 is 1.19 bits per heavy atom. The zero-order chi connectivity index (χ0) is 19.6. The van der Waals surface area contributed by atoms with Crippen LogP contribution in [-0.4, -0.2) is 36.1 Å². The first-order valence-corrected chi connectivity index (χ1v) is 10.1. The van der Waals surface area contributed by atoms with Crippen molar-refractivity contribution in [2.45, 2.75) is 30.7 Å². The molecule has 1 atom stereocenters. The Balaban J connectivity index is 1.93. The van der Waals surface area contributed by atoms with Crippen LogP contribution >= 0.6 is 11.6 Å². The van der Waals surface area contributed by atoms with Crippen molar-refractivity contribution in [3.8, 4) is 0 Å². The lowest BCUT2D eigenvalue weighted by Gasteiger charge is -2.46. The molecule has 4 rings (SSSR count). The highest BCUT2D eigenvalue weighted by atomic mass is 35.5. The minimum Gasteiger partial charge on any atom is -0.340 e. The summed E-state index contributed by atoms with van der Waals surface area (Å²) in [4.78, 5) is 1.43. The fourth-order valence-corrected chi connectivity index (χ4v) is 4.68. The van der Waals surface area contributed by atoms with Crippen molar-refractivity contribution in [2.24, 2.45) is 0 Å². The lowest BCUT2D eigenvalue weighted by Crippen LogP contribution is -2.64. The number of fused-ring (bicyclic) bond motifs is 1. The van der Waals surface area contributed by atoms with Crippen molar-refractivity contribution in [1.29, 1.82) is 0 Å². The van der Waals surface area contributed by atoms with Crippen LogP contribution in [0, 0.1) is 6.92 Å². The zero-order valence-corrected chi connectivity index (χ0v) is 16.1. The normalized spacial score (nSPS) is 19.3. The molecule has 9 heteroatoms. The molecule has 0 aliphatic carbocycles. The molecule has 2 heterocycles. The van der Waals surface area contributed by atoms with Crippen molar-refractivity contribution in [1.82, 2.24) is 9.19 Å². The summed E-state index contributed by atoms with van der Waals surface area (Å²) in [6.45, 7) is 2.69. The molecule has 0 spiro atoms. The first-order chi connectivity index (χ1) is 12.6. The Hall–Kier alpha value is -2.19. The Bertz CT molecular complexity index is 1140. The van der Waals surface area contributed by atoms with Gasteiger partial charge >= 0.3 is 0 Å². The van der Waals surface area contributed by atoms with Gasteiger partial charge in [-0.15, -0.1) is 5.10 Å². The van der Waals surface area contributed by atoms with Gasteiger partial charge in [-0.05, 0) is 38.1 Å². The van der Waals surface area contributed by atoms with E-state index in [2.05, 4.69) is 5.10 Å². The number of aryl methyl sites for hydroxylation is 1. The topological polar surface area (TPSA) is 55.2 Å². The monoisotopic (exact) mass is 411 g/mol. The molecule has 2 aromatic carbocycles. The maximum atomic E-state index is 13.7. The van der Waals surface area contributed by atoms with Gasteiger partial charge in [0.25, 0.3) is 15.9 Å². The molecular weight excluding hydrogens is 396 g/mol. The smallest absolute Gasteiger partial charge is 0.284 e. The van der Waals surface area contributed by atoms with Gasteiger partial charge in [-0.3, -0.25) is 0 Å². The van der Waals surface area contributed by atoms with Crippen LogP contribution in [0.3, 0.4) is 0 Å². The number of rotatable bonds is 3. The van der Waals surface area contributed by atoms with Gasteiger partial charge in [-0.25, -0.2) is 8.78 Å². The second kappa shape index (κ2) is 5.90. The number of anilines is 1. The van der Waals surface area contributed by atoms with Crippen molar-refractivity contribution >= 4 is 38.3 Å². The number of alkyl halides is 2. The Kier molecular flexibility index (Phi) is 3.98. The number of nitrogens with zero attached hydrogens (tertiary/aromatic N) is 3. The summed E-state index contributed by atoms with van der Waals surface area (Å²) in [5.74, 6) is -2.71. The number of halogens is 3. The predicted octanol–water partition coefficient (Wildman–Crippen LogP) is 4.08. The molecular formula is C18H16ClF2N3O2S. The SMILES string of the molecule is Cc1ccc(S(=O)(=O)n2nc(N3CC(F)(F)C3C)c3c(Cl)cccc32)cc1. The van der Waals surface area contributed by atoms with Crippen molar-refractivity contribution in [3.63, 3.8) is 0 Å². The van der Waals surface area contributed by atoms with Gasteiger partial charge in [0.2, 0.25) is 0 Å². The van der Waals surface area contributed by atoms with E-state index < -0.39 is 28.5 Å². The van der Waals surface area contributed by atoms with Gasteiger partial charge in [0.05, 0.1) is 33.4 Å². The molecule has 3 aromatic rings. The average molecular weight is 412 g/mol. The van der Waals surface area contributed by atoms with Gasteiger partial charge in [-0.1, -0.05) is 35.4 Å². The lowest BCUT2D eigenvalue weighted by atomic mass is 9.99. The van der Waals surface area contributed by atoms with Gasteiger partial charge in [-0.2, -0.15) is 12.5 Å². The Morgan fingerprint density at radius 2 is 1.85 bits per heavy atom. The Morgan fingerprint density at radius 3 is 2.44 bits per heavy atom. The van der Waals surface area contributed by atoms with E-state index in [1.807, 2.05) is 6.92 Å². The third-order valence-electron chi connectivity index (χ3n) is 4.89. The number of hydrogen-bond donors (Lipinski definition) is 0. The maximum Gasteiger partial charge on any atom is 0.284 e. The van der Waals surface area contributed by atoms with Crippen LogP contribution in [0.4, 0.5) is 14.6 Å². The molecule has 0 saturated carbocycles. The molecule has 0 bridgehead atoms. The van der Waals surface area contributed by atoms with Crippen LogP contribution in [0.1, 0.15) is 12.5 Å². The molecule has 1 aliphatic heterocycles. The molecule has 5 nitrogen and oxygen atoms in total. The van der Waals surface area contributed by atoms with E-state index in [1.165, 1.54) is 24.0 Å². The van der Waals surface area contributed by atoms with Crippen LogP contribution < -0.4 is 4.90 Å². The van der Waals surface area contributed by atoms with E-state index in [0.29, 0.717) is 5.39 Å². The molecule has 1 saturated heterocycles. The van der Waals surface area contributed by atoms with Crippen molar-refractivity contribution in [3.05, 3.63) is 53.1 Å². The summed E-state index contributed by atoms with van der Waals surface area (Å²) in [5.41, 5.74) is 1.17. The van der Waals surface area contributed by atoms with Crippen molar-refractivity contribution < 1.29 is 17.2 Å². The maximum absolute atomic E-state index is 13.7. The van der Waals surface area contributed by atoms with E-state index in [-0.39, 0.29) is 21.3 Å². The summed E-state index contributed by atoms with van der Waals surface area (Å²) in [6, 6.07) is 10.0. The van der Waals surface area contributed by atoms with Crippen LogP contribution in [0.5, 0.6) is 0 Å². The van der Waals surface area contributed by atoms with Gasteiger partial charge in [0, 0.05) is 0 Å². The Labute approximate surface area is 160 Å². The second-order valence-corrected chi connectivity index (χ2v) is 8.86. The molecule has 0 amide bonds. The highest BCUT2D eigenvalue weighted by Gasteiger charge is 2.53. The van der Waals surface area contributed by atoms with E-state index >= 15 is 0 Å². The summed E-state index contributed by atoms with van der Waals surface area (Å²) >= 11 is 6.27. The highest BCUT2D eigenvalue weighted by Crippen LogP contribution is 2.42. The molecule has 0 radical (unpaired) electrons. The number of hydrogen-bond acceptors (Lipinski definition) is 4. The van der Waals surface area contributed by atoms with E-state index in [4.69, 9.17) is 11.6 Å². The first-order valence-electron chi connectivity index (χ1n) is 8.27. The largest absolute Gasteiger partial charge is 0.340 e. The molecule has 1 unspecified atom stereocenters. The van der Waals surface area contributed by atoms with Crippen LogP contribution in [-0.2, 0) is 10.0 Å². The van der Waals surface area contributed by atoms with Gasteiger partial charge in [0.15, 0.2) is 5.82 Å². The quantitative estimate of drug-likeness (QED) is 0.651. The molecule has 1 aliphatic rings. The molecule has 142 valence electrons. The van der Waals surface area contributed by atoms with Crippen molar-refractivity contribution in [2.75, 3.05) is 11.4 Å². The third kappa shape index (κ3) is 2.70. The predicted molar refractivity (Wildman–Crippen MR) is 100 cm³/mol. The van der Waals surface area contributed by atoms with E-state index in [1.54, 1.807) is 30.3 Å². The van der Waals surface area contributed by atoms with Gasteiger partial charge < -0.3 is 4.90 Å². The summed E-state index contributed by atoms with van der Waals surface area (Å²) in [7, 11) is -4.01. The minimum atomic E-state index is -4.01. The van der Waals surface area contributed by atoms with Crippen LogP contribution in [0.2, 0.25) is 5.02 Å². The standard InChI is InChI=1S/C18H16ClF2N3O2S/c1-11-6-8-13(9-7-11)27(25,26)24-15-5-3-4-14(19)16(15)17(22-24)23-10-18(20,21)12(23)2/h3-9,12H,10H2,1-2H3. The third-order valence-corrected chi connectivity index (χ3v) is 6.80. The lowest BCUT2D eigenvalue weighted by molar-refractivity contribution is -0.0642. The molecule has 1 fully saturated rings. The summed E-state index contributed by atoms with van der Waals surface area (Å²) in [5, 5.41) is 4.80.